The molecule has 0 bridgehead atoms. The van der Waals surface area contributed by atoms with Gasteiger partial charge in [-0.25, -0.2) is 0 Å². The van der Waals surface area contributed by atoms with Crippen molar-refractivity contribution in [3.8, 4) is 0 Å². The molecule has 0 aromatic heterocycles. The summed E-state index contributed by atoms with van der Waals surface area (Å²) in [6.07, 6.45) is -1.10. The number of hydrogen-bond donors (Lipinski definition) is 3. The molecule has 1 amide bonds. The zero-order valence-electron chi connectivity index (χ0n) is 14.8. The Morgan fingerprint density at radius 1 is 0.897 bits per heavy atom. The van der Waals surface area contributed by atoms with Crippen LogP contribution in [-0.4, -0.2) is 21.0 Å². The van der Waals surface area contributed by atoms with E-state index in [2.05, 4.69) is 16.0 Å². The second-order valence-electron chi connectivity index (χ2n) is 6.05. The molecule has 0 saturated heterocycles. The molecule has 3 rings (SSSR count). The molecule has 29 heavy (non-hydrogen) atoms. The average molecular weight is 487 g/mol. The predicted molar refractivity (Wildman–Crippen MR) is 126 cm³/mol. The van der Waals surface area contributed by atoms with Crippen molar-refractivity contribution in [1.82, 2.24) is 10.6 Å². The van der Waals surface area contributed by atoms with E-state index in [0.29, 0.717) is 16.3 Å². The number of carbonyl (C=O) groups is 1. The predicted octanol–water partition coefficient (Wildman–Crippen LogP) is 5.91. The minimum Gasteiger partial charge on any atom is -0.339 e. The largest absolute Gasteiger partial charge is 0.339 e. The highest BCUT2D eigenvalue weighted by Gasteiger charge is 2.35. The van der Waals surface area contributed by atoms with Crippen LogP contribution in [0.2, 0.25) is 5.02 Å². The van der Waals surface area contributed by atoms with Crippen molar-refractivity contribution < 1.29 is 4.79 Å². The Hall–Kier alpha value is -1.76. The van der Waals surface area contributed by atoms with Crippen molar-refractivity contribution in [1.29, 1.82) is 0 Å². The van der Waals surface area contributed by atoms with Gasteiger partial charge in [0.25, 0.3) is 5.91 Å². The molecule has 3 aromatic carbocycles. The minimum absolute atomic E-state index is 0.132. The van der Waals surface area contributed by atoms with Gasteiger partial charge in [-0.15, -0.1) is 0 Å². The summed E-state index contributed by atoms with van der Waals surface area (Å²) in [6.45, 7) is 0. The Bertz CT molecular complexity index is 1050. The van der Waals surface area contributed by atoms with Gasteiger partial charge >= 0.3 is 0 Å². The molecular formula is C20H15Cl4N3OS. The molecule has 0 aliphatic carbocycles. The third-order valence-corrected chi connectivity index (χ3v) is 5.24. The smallest absolute Gasteiger partial charge is 0.253 e. The molecule has 0 aliphatic heterocycles. The standard InChI is InChI=1S/C20H15Cl4N3OS/c21-15-10-3-4-11-16(15)25-19(29)27-18(20(22,23)24)26-17(28)14-9-5-7-12-6-1-2-8-13(12)14/h1-11,18H,(H,26,28)(H2,25,27,29). The van der Waals surface area contributed by atoms with E-state index in [0.717, 1.165) is 10.8 Å². The molecule has 0 heterocycles. The van der Waals surface area contributed by atoms with Crippen molar-refractivity contribution in [2.45, 2.75) is 9.96 Å². The summed E-state index contributed by atoms with van der Waals surface area (Å²) in [5, 5.41) is 10.7. The van der Waals surface area contributed by atoms with Crippen LogP contribution < -0.4 is 16.0 Å². The van der Waals surface area contributed by atoms with Crippen LogP contribution in [0.1, 0.15) is 10.4 Å². The van der Waals surface area contributed by atoms with Gasteiger partial charge in [-0.3, -0.25) is 4.79 Å². The number of anilines is 1. The number of halogens is 4. The van der Waals surface area contributed by atoms with Crippen molar-refractivity contribution in [2.75, 3.05) is 5.32 Å². The quantitative estimate of drug-likeness (QED) is 0.244. The summed E-state index contributed by atoms with van der Waals surface area (Å²) in [5.74, 6) is -0.411. The summed E-state index contributed by atoms with van der Waals surface area (Å²) in [4.78, 5) is 12.9. The van der Waals surface area contributed by atoms with Gasteiger partial charge in [0.05, 0.1) is 10.7 Å². The second kappa shape index (κ2) is 9.37. The van der Waals surface area contributed by atoms with E-state index >= 15 is 0 Å². The number of carbonyl (C=O) groups excluding carboxylic acids is 1. The molecule has 3 N–H and O–H groups in total. The first kappa shape index (κ1) is 21.9. The molecular weight excluding hydrogens is 472 g/mol. The molecule has 0 saturated carbocycles. The van der Waals surface area contributed by atoms with Crippen molar-refractivity contribution in [3.05, 3.63) is 77.3 Å². The Kier molecular flexibility index (Phi) is 7.09. The van der Waals surface area contributed by atoms with Crippen molar-refractivity contribution in [3.63, 3.8) is 0 Å². The number of alkyl halides is 3. The molecule has 9 heteroatoms. The molecule has 1 unspecified atom stereocenters. The number of hydrogen-bond acceptors (Lipinski definition) is 2. The number of thiocarbonyl (C=S) groups is 1. The monoisotopic (exact) mass is 485 g/mol. The second-order valence-corrected chi connectivity index (χ2v) is 9.24. The Morgan fingerprint density at radius 2 is 1.55 bits per heavy atom. The lowest BCUT2D eigenvalue weighted by Crippen LogP contribution is -2.56. The fourth-order valence-electron chi connectivity index (χ4n) is 2.68. The zero-order valence-corrected chi connectivity index (χ0v) is 18.6. The van der Waals surface area contributed by atoms with Crippen LogP contribution in [0.5, 0.6) is 0 Å². The number of benzene rings is 3. The zero-order chi connectivity index (χ0) is 21.0. The molecule has 0 fully saturated rings. The fraction of sp³-hybridized carbons (Fsp3) is 0.100. The minimum atomic E-state index is -1.87. The van der Waals surface area contributed by atoms with E-state index in [1.54, 1.807) is 36.4 Å². The van der Waals surface area contributed by atoms with Gasteiger partial charge in [0.2, 0.25) is 3.79 Å². The van der Waals surface area contributed by atoms with Gasteiger partial charge in [-0.1, -0.05) is 94.9 Å². The van der Waals surface area contributed by atoms with Crippen LogP contribution in [-0.2, 0) is 0 Å². The van der Waals surface area contributed by atoms with Crippen LogP contribution in [0.3, 0.4) is 0 Å². The summed E-state index contributed by atoms with van der Waals surface area (Å²) >= 11 is 29.6. The van der Waals surface area contributed by atoms with E-state index in [9.17, 15) is 4.79 Å². The van der Waals surface area contributed by atoms with Crippen molar-refractivity contribution >= 4 is 86.1 Å². The molecule has 1 atom stereocenters. The van der Waals surface area contributed by atoms with Gasteiger partial charge in [-0.05, 0) is 41.2 Å². The summed E-state index contributed by atoms with van der Waals surface area (Å²) in [6, 6.07) is 20.0. The fourth-order valence-corrected chi connectivity index (χ4v) is 3.42. The van der Waals surface area contributed by atoms with E-state index in [-0.39, 0.29) is 5.11 Å². The van der Waals surface area contributed by atoms with Crippen molar-refractivity contribution in [2.24, 2.45) is 0 Å². The van der Waals surface area contributed by atoms with E-state index in [4.69, 9.17) is 58.6 Å². The number of nitrogens with one attached hydrogen (secondary N) is 3. The normalized spacial score (nSPS) is 12.3. The number of rotatable bonds is 4. The first-order chi connectivity index (χ1) is 13.8. The van der Waals surface area contributed by atoms with Gasteiger partial charge < -0.3 is 16.0 Å². The summed E-state index contributed by atoms with van der Waals surface area (Å²) in [7, 11) is 0. The van der Waals surface area contributed by atoms with Crippen LogP contribution in [0.25, 0.3) is 10.8 Å². The topological polar surface area (TPSA) is 53.2 Å². The Labute approximate surface area is 193 Å². The SMILES string of the molecule is O=C(NC(NC(=S)Nc1ccccc1Cl)C(Cl)(Cl)Cl)c1cccc2ccccc12. The highest BCUT2D eigenvalue weighted by Crippen LogP contribution is 2.30. The van der Waals surface area contributed by atoms with Gasteiger partial charge in [0.1, 0.15) is 6.17 Å². The third-order valence-electron chi connectivity index (χ3n) is 4.03. The molecule has 3 aromatic rings. The molecule has 4 nitrogen and oxygen atoms in total. The van der Waals surface area contributed by atoms with Crippen LogP contribution in [0.4, 0.5) is 5.69 Å². The Balaban J connectivity index is 1.78. The number of fused-ring (bicyclic) bond motifs is 1. The molecule has 150 valence electrons. The molecule has 0 radical (unpaired) electrons. The lowest BCUT2D eigenvalue weighted by atomic mass is 10.0. The number of amides is 1. The Morgan fingerprint density at radius 3 is 2.28 bits per heavy atom. The van der Waals surface area contributed by atoms with Crippen LogP contribution in [0.15, 0.2) is 66.7 Å². The highest BCUT2D eigenvalue weighted by molar-refractivity contribution is 7.80. The molecule has 0 aliphatic rings. The maximum Gasteiger partial charge on any atom is 0.253 e. The average Bonchev–Trinajstić information content (AvgIpc) is 2.68. The summed E-state index contributed by atoms with van der Waals surface area (Å²) < 4.78 is -1.87. The van der Waals surface area contributed by atoms with E-state index < -0.39 is 15.9 Å². The lowest BCUT2D eigenvalue weighted by molar-refractivity contribution is 0.0936. The first-order valence-corrected chi connectivity index (χ1v) is 10.3. The van der Waals surface area contributed by atoms with Gasteiger partial charge in [-0.2, -0.15) is 0 Å². The van der Waals surface area contributed by atoms with E-state index in [1.165, 1.54) is 0 Å². The van der Waals surface area contributed by atoms with E-state index in [1.807, 2.05) is 30.3 Å². The molecule has 0 spiro atoms. The summed E-state index contributed by atoms with van der Waals surface area (Å²) in [5.41, 5.74) is 1.03. The van der Waals surface area contributed by atoms with Gasteiger partial charge in [0, 0.05) is 5.56 Å². The van der Waals surface area contributed by atoms with Crippen LogP contribution >= 0.6 is 58.6 Å². The van der Waals surface area contributed by atoms with Crippen LogP contribution in [0, 0.1) is 0 Å². The first-order valence-electron chi connectivity index (χ1n) is 8.43. The maximum absolute atomic E-state index is 12.9. The van der Waals surface area contributed by atoms with Gasteiger partial charge in [0.15, 0.2) is 5.11 Å². The maximum atomic E-state index is 12.9. The third kappa shape index (κ3) is 5.65. The highest BCUT2D eigenvalue weighted by atomic mass is 35.6. The number of para-hydroxylation sites is 1. The lowest BCUT2D eigenvalue weighted by Gasteiger charge is -2.28.